The summed E-state index contributed by atoms with van der Waals surface area (Å²) in [7, 11) is 0. The minimum atomic E-state index is -4.42. The summed E-state index contributed by atoms with van der Waals surface area (Å²) in [6.07, 6.45) is -4.42. The van der Waals surface area contributed by atoms with Crippen molar-refractivity contribution in [1.29, 1.82) is 0 Å². The summed E-state index contributed by atoms with van der Waals surface area (Å²) in [5, 5.41) is 7.07. The summed E-state index contributed by atoms with van der Waals surface area (Å²) in [6.45, 7) is 6.49. The first kappa shape index (κ1) is 20.3. The first-order valence-corrected chi connectivity index (χ1v) is 9.22. The average molecular weight is 396 g/mol. The van der Waals surface area contributed by atoms with E-state index < -0.39 is 11.7 Å². The Bertz CT molecular complexity index is 814. The van der Waals surface area contributed by atoms with Crippen LogP contribution in [0.2, 0.25) is 0 Å². The van der Waals surface area contributed by atoms with Crippen LogP contribution in [0.15, 0.2) is 30.3 Å². The van der Waals surface area contributed by atoms with Gasteiger partial charge in [-0.05, 0) is 25.1 Å². The Labute approximate surface area is 161 Å². The normalized spacial score (nSPS) is 15.6. The topological polar surface area (TPSA) is 59.4 Å². The number of amides is 1. The molecule has 2 heterocycles. The SMILES string of the molecule is CCn1nc(C(=O)NCCN2CCOCC2)cc1-c1cccc(C(F)(F)F)c1. The van der Waals surface area contributed by atoms with Crippen molar-refractivity contribution >= 4 is 5.91 Å². The third kappa shape index (κ3) is 4.90. The number of hydrogen-bond donors (Lipinski definition) is 1. The van der Waals surface area contributed by atoms with Crippen LogP contribution in [0.4, 0.5) is 13.2 Å². The van der Waals surface area contributed by atoms with E-state index in [2.05, 4.69) is 15.3 Å². The molecule has 0 unspecified atom stereocenters. The molecular weight excluding hydrogens is 373 g/mol. The molecular formula is C19H23F3N4O2. The van der Waals surface area contributed by atoms with Gasteiger partial charge in [0, 0.05) is 38.3 Å². The van der Waals surface area contributed by atoms with Crippen LogP contribution in [0.3, 0.4) is 0 Å². The van der Waals surface area contributed by atoms with Crippen molar-refractivity contribution in [3.8, 4) is 11.3 Å². The molecule has 152 valence electrons. The maximum atomic E-state index is 13.0. The Kier molecular flexibility index (Phi) is 6.35. The predicted molar refractivity (Wildman–Crippen MR) is 97.9 cm³/mol. The van der Waals surface area contributed by atoms with Crippen LogP contribution < -0.4 is 5.32 Å². The lowest BCUT2D eigenvalue weighted by atomic mass is 10.1. The molecule has 1 aromatic heterocycles. The summed E-state index contributed by atoms with van der Waals surface area (Å²) < 4.78 is 45.8. The minimum Gasteiger partial charge on any atom is -0.379 e. The van der Waals surface area contributed by atoms with E-state index in [9.17, 15) is 18.0 Å². The number of aryl methyl sites for hydroxylation is 1. The fraction of sp³-hybridized carbons (Fsp3) is 0.474. The summed E-state index contributed by atoms with van der Waals surface area (Å²) in [5.41, 5.74) is 0.310. The quantitative estimate of drug-likeness (QED) is 0.816. The first-order chi connectivity index (χ1) is 13.4. The van der Waals surface area contributed by atoms with Crippen molar-refractivity contribution in [2.45, 2.75) is 19.6 Å². The standard InChI is InChI=1S/C19H23F3N4O2/c1-2-26-17(14-4-3-5-15(12-14)19(20,21)22)13-16(24-26)18(27)23-6-7-25-8-10-28-11-9-25/h3-5,12-13H,2,6-11H2,1H3,(H,23,27). The van der Waals surface area contributed by atoms with Crippen LogP contribution in [0.25, 0.3) is 11.3 Å². The van der Waals surface area contributed by atoms with Gasteiger partial charge in [0.15, 0.2) is 5.69 Å². The third-order valence-corrected chi connectivity index (χ3v) is 4.62. The van der Waals surface area contributed by atoms with Gasteiger partial charge >= 0.3 is 6.18 Å². The highest BCUT2D eigenvalue weighted by atomic mass is 19.4. The summed E-state index contributed by atoms with van der Waals surface area (Å²) >= 11 is 0. The Hall–Kier alpha value is -2.39. The van der Waals surface area contributed by atoms with E-state index >= 15 is 0 Å². The lowest BCUT2D eigenvalue weighted by Crippen LogP contribution is -2.41. The van der Waals surface area contributed by atoms with Gasteiger partial charge in [-0.25, -0.2) is 0 Å². The number of morpholine rings is 1. The third-order valence-electron chi connectivity index (χ3n) is 4.62. The lowest BCUT2D eigenvalue weighted by Gasteiger charge is -2.26. The fourth-order valence-electron chi connectivity index (χ4n) is 3.10. The van der Waals surface area contributed by atoms with E-state index in [1.54, 1.807) is 6.07 Å². The summed E-state index contributed by atoms with van der Waals surface area (Å²) in [4.78, 5) is 14.6. The van der Waals surface area contributed by atoms with Gasteiger partial charge in [0.05, 0.1) is 24.5 Å². The molecule has 1 N–H and O–H groups in total. The Morgan fingerprint density at radius 1 is 1.25 bits per heavy atom. The molecule has 1 aliphatic heterocycles. The molecule has 0 spiro atoms. The van der Waals surface area contributed by atoms with E-state index in [0.29, 0.717) is 44.1 Å². The Morgan fingerprint density at radius 2 is 2.00 bits per heavy atom. The van der Waals surface area contributed by atoms with Crippen molar-refractivity contribution in [3.63, 3.8) is 0 Å². The van der Waals surface area contributed by atoms with Crippen molar-refractivity contribution < 1.29 is 22.7 Å². The average Bonchev–Trinajstić information content (AvgIpc) is 3.13. The molecule has 6 nitrogen and oxygen atoms in total. The molecule has 1 fully saturated rings. The largest absolute Gasteiger partial charge is 0.416 e. The number of benzene rings is 1. The maximum absolute atomic E-state index is 13.0. The molecule has 1 aromatic carbocycles. The number of nitrogens with zero attached hydrogens (tertiary/aromatic N) is 3. The zero-order chi connectivity index (χ0) is 20.1. The second kappa shape index (κ2) is 8.74. The molecule has 28 heavy (non-hydrogen) atoms. The van der Waals surface area contributed by atoms with Gasteiger partial charge in [-0.3, -0.25) is 14.4 Å². The number of carbonyl (C=O) groups excluding carboxylic acids is 1. The Balaban J connectivity index is 1.70. The number of ether oxygens (including phenoxy) is 1. The minimum absolute atomic E-state index is 0.191. The van der Waals surface area contributed by atoms with Gasteiger partial charge in [0.1, 0.15) is 0 Å². The lowest BCUT2D eigenvalue weighted by molar-refractivity contribution is -0.137. The zero-order valence-electron chi connectivity index (χ0n) is 15.6. The second-order valence-corrected chi connectivity index (χ2v) is 6.52. The number of alkyl halides is 3. The number of halogens is 3. The van der Waals surface area contributed by atoms with Gasteiger partial charge in [-0.2, -0.15) is 18.3 Å². The highest BCUT2D eigenvalue weighted by molar-refractivity contribution is 5.93. The van der Waals surface area contributed by atoms with Gasteiger partial charge < -0.3 is 10.1 Å². The van der Waals surface area contributed by atoms with Crippen LogP contribution in [0, 0.1) is 0 Å². The molecule has 2 aromatic rings. The molecule has 0 bridgehead atoms. The molecule has 0 aliphatic carbocycles. The summed E-state index contributed by atoms with van der Waals surface area (Å²) in [5.74, 6) is -0.339. The monoisotopic (exact) mass is 396 g/mol. The molecule has 1 saturated heterocycles. The van der Waals surface area contributed by atoms with Crippen molar-refractivity contribution in [1.82, 2.24) is 20.0 Å². The molecule has 3 rings (SSSR count). The van der Waals surface area contributed by atoms with E-state index in [0.717, 1.165) is 25.2 Å². The van der Waals surface area contributed by atoms with Gasteiger partial charge in [0.25, 0.3) is 5.91 Å². The maximum Gasteiger partial charge on any atom is 0.416 e. The fourth-order valence-corrected chi connectivity index (χ4v) is 3.10. The smallest absolute Gasteiger partial charge is 0.379 e. The molecule has 1 amide bonds. The van der Waals surface area contributed by atoms with E-state index in [-0.39, 0.29) is 11.6 Å². The second-order valence-electron chi connectivity index (χ2n) is 6.52. The van der Waals surface area contributed by atoms with Gasteiger partial charge in [-0.1, -0.05) is 12.1 Å². The number of rotatable bonds is 6. The van der Waals surface area contributed by atoms with Crippen LogP contribution >= 0.6 is 0 Å². The van der Waals surface area contributed by atoms with Gasteiger partial charge in [-0.15, -0.1) is 0 Å². The number of hydrogen-bond acceptors (Lipinski definition) is 4. The number of aromatic nitrogens is 2. The highest BCUT2D eigenvalue weighted by Crippen LogP contribution is 2.32. The van der Waals surface area contributed by atoms with Gasteiger partial charge in [0.2, 0.25) is 0 Å². The van der Waals surface area contributed by atoms with Crippen molar-refractivity contribution in [3.05, 3.63) is 41.6 Å². The van der Waals surface area contributed by atoms with Crippen LogP contribution in [-0.4, -0.2) is 60.0 Å². The van der Waals surface area contributed by atoms with Crippen LogP contribution in [0.5, 0.6) is 0 Å². The Morgan fingerprint density at radius 3 is 2.68 bits per heavy atom. The predicted octanol–water partition coefficient (Wildman–Crippen LogP) is 2.65. The molecule has 0 saturated carbocycles. The molecule has 0 radical (unpaired) electrons. The van der Waals surface area contributed by atoms with Crippen LogP contribution in [-0.2, 0) is 17.5 Å². The molecule has 9 heteroatoms. The highest BCUT2D eigenvalue weighted by Gasteiger charge is 2.30. The van der Waals surface area contributed by atoms with E-state index in [1.165, 1.54) is 16.8 Å². The van der Waals surface area contributed by atoms with E-state index in [1.807, 2.05) is 6.92 Å². The van der Waals surface area contributed by atoms with Crippen molar-refractivity contribution in [2.24, 2.45) is 0 Å². The zero-order valence-corrected chi connectivity index (χ0v) is 15.6. The van der Waals surface area contributed by atoms with Crippen LogP contribution in [0.1, 0.15) is 23.0 Å². The van der Waals surface area contributed by atoms with Crippen molar-refractivity contribution in [2.75, 3.05) is 39.4 Å². The summed E-state index contributed by atoms with van der Waals surface area (Å²) in [6, 6.07) is 6.56. The number of carbonyl (C=O) groups is 1. The molecule has 1 aliphatic rings. The van der Waals surface area contributed by atoms with E-state index in [4.69, 9.17) is 4.74 Å². The molecule has 0 atom stereocenters. The first-order valence-electron chi connectivity index (χ1n) is 9.22. The number of nitrogens with one attached hydrogen (secondary N) is 1.